The summed E-state index contributed by atoms with van der Waals surface area (Å²) in [7, 11) is 0. The summed E-state index contributed by atoms with van der Waals surface area (Å²) >= 11 is 3.33. The van der Waals surface area contributed by atoms with Crippen LogP contribution in [0.1, 0.15) is 6.42 Å². The van der Waals surface area contributed by atoms with Crippen molar-refractivity contribution >= 4 is 33.5 Å². The molecule has 1 aliphatic heterocycles. The molecule has 7 nitrogen and oxygen atoms in total. The number of nitrogen functional groups attached to an aromatic ring is 1. The number of rotatable bonds is 3. The van der Waals surface area contributed by atoms with Crippen LogP contribution in [0.3, 0.4) is 0 Å². The minimum absolute atomic E-state index is 0.0415. The van der Waals surface area contributed by atoms with E-state index >= 15 is 0 Å². The van der Waals surface area contributed by atoms with Gasteiger partial charge in [-0.1, -0.05) is 0 Å². The second kappa shape index (κ2) is 4.62. The molecular weight excluding hydrogens is 276 g/mol. The number of aromatic nitrogens is 2. The molecule has 1 aromatic rings. The molecule has 0 aromatic carbocycles. The van der Waals surface area contributed by atoms with E-state index in [4.69, 9.17) is 5.84 Å². The van der Waals surface area contributed by atoms with Crippen molar-refractivity contribution in [3.05, 3.63) is 10.8 Å². The summed E-state index contributed by atoms with van der Waals surface area (Å²) in [5, 5.41) is 5.87. The van der Waals surface area contributed by atoms with Crippen LogP contribution in [0, 0.1) is 0 Å². The van der Waals surface area contributed by atoms with E-state index in [1.807, 2.05) is 0 Å². The third-order valence-corrected chi connectivity index (χ3v) is 3.00. The van der Waals surface area contributed by atoms with E-state index in [0.717, 1.165) is 0 Å². The number of hydrogen-bond donors (Lipinski definition) is 4. The van der Waals surface area contributed by atoms with Gasteiger partial charge in [0.2, 0.25) is 5.91 Å². The van der Waals surface area contributed by atoms with Gasteiger partial charge in [0.05, 0.1) is 6.04 Å². The maximum atomic E-state index is 11.0. The Morgan fingerprint density at radius 1 is 1.50 bits per heavy atom. The third-order valence-electron chi connectivity index (χ3n) is 2.24. The molecule has 1 amide bonds. The molecule has 86 valence electrons. The van der Waals surface area contributed by atoms with Crippen LogP contribution in [0.5, 0.6) is 0 Å². The van der Waals surface area contributed by atoms with Crippen LogP contribution in [-0.2, 0) is 4.79 Å². The number of anilines is 2. The number of carbonyl (C=O) groups excluding carboxylic acids is 1. The van der Waals surface area contributed by atoms with Crippen molar-refractivity contribution in [3.8, 4) is 0 Å². The maximum Gasteiger partial charge on any atom is 0.222 e. The molecular formula is C8H11BrN6O. The number of amides is 1. The summed E-state index contributed by atoms with van der Waals surface area (Å²) in [6.07, 6.45) is 1.84. The number of carbonyl (C=O) groups is 1. The van der Waals surface area contributed by atoms with Crippen molar-refractivity contribution in [1.29, 1.82) is 0 Å². The first-order valence-electron chi connectivity index (χ1n) is 4.71. The highest BCUT2D eigenvalue weighted by Gasteiger charge is 2.22. The number of nitrogens with zero attached hydrogens (tertiary/aromatic N) is 2. The van der Waals surface area contributed by atoms with Crippen LogP contribution in [0.4, 0.5) is 11.6 Å². The fourth-order valence-electron chi connectivity index (χ4n) is 1.47. The molecule has 1 fully saturated rings. The minimum Gasteiger partial charge on any atom is -0.364 e. The predicted molar refractivity (Wildman–Crippen MR) is 62.6 cm³/mol. The van der Waals surface area contributed by atoms with Crippen LogP contribution >= 0.6 is 15.9 Å². The molecule has 0 aliphatic carbocycles. The number of hydrazine groups is 1. The third kappa shape index (κ3) is 2.22. The topological polar surface area (TPSA) is 105 Å². The highest BCUT2D eigenvalue weighted by molar-refractivity contribution is 9.10. The van der Waals surface area contributed by atoms with Crippen molar-refractivity contribution in [1.82, 2.24) is 15.3 Å². The molecule has 1 atom stereocenters. The van der Waals surface area contributed by atoms with Crippen LogP contribution in [0.15, 0.2) is 10.8 Å². The van der Waals surface area contributed by atoms with Crippen molar-refractivity contribution in [2.24, 2.45) is 5.84 Å². The Morgan fingerprint density at radius 2 is 2.25 bits per heavy atom. The molecule has 1 aromatic heterocycles. The smallest absolute Gasteiger partial charge is 0.222 e. The van der Waals surface area contributed by atoms with Gasteiger partial charge in [-0.25, -0.2) is 15.8 Å². The van der Waals surface area contributed by atoms with Gasteiger partial charge in [0.1, 0.15) is 16.6 Å². The van der Waals surface area contributed by atoms with E-state index in [1.54, 1.807) is 0 Å². The van der Waals surface area contributed by atoms with Gasteiger partial charge >= 0.3 is 0 Å². The molecule has 2 heterocycles. The van der Waals surface area contributed by atoms with Crippen molar-refractivity contribution < 1.29 is 4.79 Å². The van der Waals surface area contributed by atoms with Gasteiger partial charge in [-0.2, -0.15) is 0 Å². The second-order valence-corrected chi connectivity index (χ2v) is 4.17. The average Bonchev–Trinajstić information content (AvgIpc) is 2.67. The summed E-state index contributed by atoms with van der Waals surface area (Å²) in [5.74, 6) is 6.44. The number of nitrogens with one attached hydrogen (secondary N) is 3. The lowest BCUT2D eigenvalue weighted by Gasteiger charge is -2.13. The lowest BCUT2D eigenvalue weighted by atomic mass is 10.2. The molecule has 0 radical (unpaired) electrons. The lowest BCUT2D eigenvalue weighted by molar-refractivity contribution is -0.119. The van der Waals surface area contributed by atoms with E-state index in [1.165, 1.54) is 6.33 Å². The Morgan fingerprint density at radius 3 is 2.88 bits per heavy atom. The van der Waals surface area contributed by atoms with Crippen molar-refractivity contribution in [3.63, 3.8) is 0 Å². The number of nitrogens with two attached hydrogens (primary N) is 1. The van der Waals surface area contributed by atoms with Crippen LogP contribution in [0.25, 0.3) is 0 Å². The summed E-state index contributed by atoms with van der Waals surface area (Å²) in [6, 6.07) is 0.0457. The zero-order chi connectivity index (χ0) is 11.5. The second-order valence-electron chi connectivity index (χ2n) is 3.38. The number of halogens is 1. The molecule has 1 aliphatic rings. The molecule has 0 bridgehead atoms. The predicted octanol–water partition coefficient (Wildman–Crippen LogP) is -0.175. The quantitative estimate of drug-likeness (QED) is 0.454. The zero-order valence-electron chi connectivity index (χ0n) is 8.33. The number of hydrogen-bond acceptors (Lipinski definition) is 6. The normalized spacial score (nSPS) is 19.4. The van der Waals surface area contributed by atoms with E-state index in [2.05, 4.69) is 42.0 Å². The first kappa shape index (κ1) is 11.1. The highest BCUT2D eigenvalue weighted by Crippen LogP contribution is 2.26. The highest BCUT2D eigenvalue weighted by atomic mass is 79.9. The molecule has 16 heavy (non-hydrogen) atoms. The van der Waals surface area contributed by atoms with Crippen LogP contribution in [0.2, 0.25) is 0 Å². The van der Waals surface area contributed by atoms with Gasteiger partial charge in [-0.15, -0.1) is 0 Å². The largest absolute Gasteiger partial charge is 0.364 e. The summed E-state index contributed by atoms with van der Waals surface area (Å²) < 4.78 is 0.650. The minimum atomic E-state index is 0.0415. The van der Waals surface area contributed by atoms with Gasteiger partial charge in [0.15, 0.2) is 5.82 Å². The summed E-state index contributed by atoms with van der Waals surface area (Å²) in [6.45, 7) is 0.598. The molecule has 1 unspecified atom stereocenters. The van der Waals surface area contributed by atoms with Crippen molar-refractivity contribution in [2.75, 3.05) is 17.3 Å². The van der Waals surface area contributed by atoms with Crippen LogP contribution in [-0.4, -0.2) is 28.5 Å². The molecule has 0 spiro atoms. The van der Waals surface area contributed by atoms with E-state index < -0.39 is 0 Å². The maximum absolute atomic E-state index is 11.0. The molecule has 5 N–H and O–H groups in total. The van der Waals surface area contributed by atoms with E-state index in [0.29, 0.717) is 29.1 Å². The first-order chi connectivity index (χ1) is 7.70. The van der Waals surface area contributed by atoms with Gasteiger partial charge in [-0.3, -0.25) is 4.79 Å². The Bertz CT molecular complexity index is 412. The zero-order valence-corrected chi connectivity index (χ0v) is 9.91. The Labute approximate surface area is 100 Å². The lowest BCUT2D eigenvalue weighted by Crippen LogP contribution is -2.23. The van der Waals surface area contributed by atoms with Gasteiger partial charge in [0, 0.05) is 13.0 Å². The fraction of sp³-hybridized carbons (Fsp3) is 0.375. The fourth-order valence-corrected chi connectivity index (χ4v) is 1.91. The Kier molecular flexibility index (Phi) is 3.20. The first-order valence-corrected chi connectivity index (χ1v) is 5.50. The molecule has 8 heteroatoms. The van der Waals surface area contributed by atoms with E-state index in [9.17, 15) is 4.79 Å². The van der Waals surface area contributed by atoms with Crippen molar-refractivity contribution in [2.45, 2.75) is 12.5 Å². The Hall–Kier alpha value is -1.41. The Balaban J connectivity index is 2.12. The molecule has 1 saturated heterocycles. The molecule has 0 saturated carbocycles. The van der Waals surface area contributed by atoms with Gasteiger partial charge in [0.25, 0.3) is 0 Å². The SMILES string of the molecule is NNc1ncnc(NC2CNC(=O)C2)c1Br. The summed E-state index contributed by atoms with van der Waals surface area (Å²) in [4.78, 5) is 19.0. The van der Waals surface area contributed by atoms with Gasteiger partial charge < -0.3 is 16.1 Å². The standard InChI is InChI=1S/C8H11BrN6O/c9-6-7(12-3-13-8(6)15-10)14-4-1-5(16)11-2-4/h3-4H,1-2,10H2,(H,11,16)(H2,12,13,14,15). The van der Waals surface area contributed by atoms with Crippen LogP contribution < -0.4 is 21.9 Å². The molecule has 2 rings (SSSR count). The average molecular weight is 287 g/mol. The monoisotopic (exact) mass is 286 g/mol. The summed E-state index contributed by atoms with van der Waals surface area (Å²) in [5.41, 5.74) is 2.45. The van der Waals surface area contributed by atoms with Gasteiger partial charge in [-0.05, 0) is 15.9 Å². The van der Waals surface area contributed by atoms with E-state index in [-0.39, 0.29) is 11.9 Å².